The molecule has 0 amide bonds. The maximum Gasteiger partial charge on any atom is 0.0370 e. The quantitative estimate of drug-likeness (QED) is 0.668. The Morgan fingerprint density at radius 3 is 1.88 bits per heavy atom. The molecule has 2 rings (SSSR count). The molecule has 0 radical (unpaired) electrons. The Morgan fingerprint density at radius 2 is 1.25 bits per heavy atom. The van der Waals surface area contributed by atoms with Crippen LogP contribution in [-0.2, 0) is 6.42 Å². The number of nitrogen functional groups attached to an aromatic ring is 3. The van der Waals surface area contributed by atoms with Crippen molar-refractivity contribution in [3.63, 3.8) is 0 Å². The van der Waals surface area contributed by atoms with Gasteiger partial charge in [0, 0.05) is 29.0 Å². The standard InChI is InChI=1S/C13H15N3/c14-11-5-2-1-4-9(11)8-10-12(15)6-3-7-13(10)16/h1-7H,8,14-16H2. The zero-order chi connectivity index (χ0) is 11.5. The predicted octanol–water partition coefficient (Wildman–Crippen LogP) is 2.02. The molecule has 0 aliphatic rings. The van der Waals surface area contributed by atoms with E-state index in [-0.39, 0.29) is 0 Å². The maximum absolute atomic E-state index is 5.90. The summed E-state index contributed by atoms with van der Waals surface area (Å²) >= 11 is 0. The Morgan fingerprint density at radius 1 is 0.688 bits per heavy atom. The lowest BCUT2D eigenvalue weighted by molar-refractivity contribution is 1.20. The van der Waals surface area contributed by atoms with Crippen molar-refractivity contribution < 1.29 is 0 Å². The highest BCUT2D eigenvalue weighted by Crippen LogP contribution is 2.24. The lowest BCUT2D eigenvalue weighted by Crippen LogP contribution is -2.02. The molecule has 0 atom stereocenters. The largest absolute Gasteiger partial charge is 0.398 e. The summed E-state index contributed by atoms with van der Waals surface area (Å²) < 4.78 is 0. The van der Waals surface area contributed by atoms with E-state index in [4.69, 9.17) is 17.2 Å². The van der Waals surface area contributed by atoms with Crippen LogP contribution in [0.3, 0.4) is 0 Å². The average molecular weight is 213 g/mol. The molecular weight excluding hydrogens is 198 g/mol. The van der Waals surface area contributed by atoms with E-state index >= 15 is 0 Å². The van der Waals surface area contributed by atoms with Gasteiger partial charge in [0.25, 0.3) is 0 Å². The number of anilines is 3. The molecule has 0 saturated heterocycles. The Bertz CT molecular complexity index is 486. The molecular formula is C13H15N3. The molecule has 0 bridgehead atoms. The molecule has 3 nitrogen and oxygen atoms in total. The molecule has 6 N–H and O–H groups in total. The summed E-state index contributed by atoms with van der Waals surface area (Å²) in [6.07, 6.45) is 0.672. The molecule has 0 aliphatic heterocycles. The van der Waals surface area contributed by atoms with Gasteiger partial charge in [-0.25, -0.2) is 0 Å². The lowest BCUT2D eigenvalue weighted by Gasteiger charge is -2.10. The first kappa shape index (κ1) is 10.4. The normalized spacial score (nSPS) is 10.2. The van der Waals surface area contributed by atoms with Crippen LogP contribution in [0, 0.1) is 0 Å². The minimum Gasteiger partial charge on any atom is -0.398 e. The van der Waals surface area contributed by atoms with E-state index in [0.29, 0.717) is 17.8 Å². The molecule has 0 aromatic heterocycles. The summed E-state index contributed by atoms with van der Waals surface area (Å²) in [5.41, 5.74) is 21.9. The first-order valence-electron chi connectivity index (χ1n) is 5.14. The van der Waals surface area contributed by atoms with E-state index < -0.39 is 0 Å². The highest BCUT2D eigenvalue weighted by atomic mass is 14.6. The van der Waals surface area contributed by atoms with Crippen molar-refractivity contribution in [1.82, 2.24) is 0 Å². The van der Waals surface area contributed by atoms with Gasteiger partial charge in [-0.05, 0) is 23.8 Å². The number of hydrogen-bond acceptors (Lipinski definition) is 3. The molecule has 0 unspecified atom stereocenters. The van der Waals surface area contributed by atoms with Crippen LogP contribution in [-0.4, -0.2) is 0 Å². The molecule has 0 saturated carbocycles. The van der Waals surface area contributed by atoms with Crippen molar-refractivity contribution in [3.05, 3.63) is 53.6 Å². The van der Waals surface area contributed by atoms with Crippen LogP contribution >= 0.6 is 0 Å². The van der Waals surface area contributed by atoms with Crippen molar-refractivity contribution in [3.8, 4) is 0 Å². The first-order valence-corrected chi connectivity index (χ1v) is 5.14. The molecule has 0 spiro atoms. The van der Waals surface area contributed by atoms with E-state index in [2.05, 4.69) is 0 Å². The van der Waals surface area contributed by atoms with Gasteiger partial charge in [0.2, 0.25) is 0 Å². The number of para-hydroxylation sites is 1. The Hall–Kier alpha value is -2.16. The van der Waals surface area contributed by atoms with Gasteiger partial charge in [0.1, 0.15) is 0 Å². The summed E-state index contributed by atoms with van der Waals surface area (Å²) in [6, 6.07) is 13.3. The highest BCUT2D eigenvalue weighted by Gasteiger charge is 2.06. The lowest BCUT2D eigenvalue weighted by atomic mass is 10.0. The Labute approximate surface area is 94.9 Å². The monoisotopic (exact) mass is 213 g/mol. The highest BCUT2D eigenvalue weighted by molar-refractivity contribution is 5.64. The van der Waals surface area contributed by atoms with Gasteiger partial charge >= 0.3 is 0 Å². The van der Waals surface area contributed by atoms with Gasteiger partial charge in [0.15, 0.2) is 0 Å². The minimum atomic E-state index is 0.672. The summed E-state index contributed by atoms with van der Waals surface area (Å²) in [4.78, 5) is 0. The van der Waals surface area contributed by atoms with Gasteiger partial charge in [-0.1, -0.05) is 24.3 Å². The van der Waals surface area contributed by atoms with E-state index in [1.165, 1.54) is 0 Å². The minimum absolute atomic E-state index is 0.672. The molecule has 82 valence electrons. The Balaban J connectivity index is 2.38. The number of nitrogens with two attached hydrogens (primary N) is 3. The van der Waals surface area contributed by atoms with Crippen molar-refractivity contribution in [2.24, 2.45) is 0 Å². The van der Waals surface area contributed by atoms with E-state index in [9.17, 15) is 0 Å². The summed E-state index contributed by atoms with van der Waals surface area (Å²) in [5, 5.41) is 0. The SMILES string of the molecule is Nc1ccccc1Cc1c(N)cccc1N. The average Bonchev–Trinajstić information content (AvgIpc) is 2.26. The van der Waals surface area contributed by atoms with Crippen LogP contribution in [0.2, 0.25) is 0 Å². The van der Waals surface area contributed by atoms with E-state index in [0.717, 1.165) is 16.8 Å². The van der Waals surface area contributed by atoms with Gasteiger partial charge in [-0.2, -0.15) is 0 Å². The van der Waals surface area contributed by atoms with Crippen LogP contribution in [0.5, 0.6) is 0 Å². The molecule has 2 aromatic rings. The fourth-order valence-corrected chi connectivity index (χ4v) is 1.71. The van der Waals surface area contributed by atoms with Gasteiger partial charge < -0.3 is 17.2 Å². The Kier molecular flexibility index (Phi) is 2.68. The third-order valence-electron chi connectivity index (χ3n) is 2.67. The van der Waals surface area contributed by atoms with E-state index in [1.807, 2.05) is 42.5 Å². The van der Waals surface area contributed by atoms with Crippen LogP contribution in [0.25, 0.3) is 0 Å². The molecule has 0 heterocycles. The second kappa shape index (κ2) is 4.14. The number of rotatable bonds is 2. The maximum atomic E-state index is 5.90. The molecule has 16 heavy (non-hydrogen) atoms. The third-order valence-corrected chi connectivity index (χ3v) is 2.67. The van der Waals surface area contributed by atoms with E-state index in [1.54, 1.807) is 0 Å². The zero-order valence-corrected chi connectivity index (χ0v) is 8.98. The second-order valence-corrected chi connectivity index (χ2v) is 3.79. The second-order valence-electron chi connectivity index (χ2n) is 3.79. The number of benzene rings is 2. The smallest absolute Gasteiger partial charge is 0.0370 e. The van der Waals surface area contributed by atoms with Gasteiger partial charge in [-0.3, -0.25) is 0 Å². The van der Waals surface area contributed by atoms with Crippen molar-refractivity contribution >= 4 is 17.1 Å². The van der Waals surface area contributed by atoms with Crippen LogP contribution in [0.4, 0.5) is 17.1 Å². The summed E-state index contributed by atoms with van der Waals surface area (Å²) in [6.45, 7) is 0. The molecule has 3 heteroatoms. The third kappa shape index (κ3) is 1.93. The van der Waals surface area contributed by atoms with Crippen LogP contribution in [0.1, 0.15) is 11.1 Å². The van der Waals surface area contributed by atoms with Gasteiger partial charge in [0.05, 0.1) is 0 Å². The fraction of sp³-hybridized carbons (Fsp3) is 0.0769. The molecule has 0 aliphatic carbocycles. The van der Waals surface area contributed by atoms with Crippen molar-refractivity contribution in [2.45, 2.75) is 6.42 Å². The van der Waals surface area contributed by atoms with Gasteiger partial charge in [-0.15, -0.1) is 0 Å². The summed E-state index contributed by atoms with van der Waals surface area (Å²) in [5.74, 6) is 0. The van der Waals surface area contributed by atoms with Crippen molar-refractivity contribution in [1.29, 1.82) is 0 Å². The molecule has 0 fully saturated rings. The first-order chi connectivity index (χ1) is 7.68. The van der Waals surface area contributed by atoms with Crippen LogP contribution in [0.15, 0.2) is 42.5 Å². The van der Waals surface area contributed by atoms with Crippen molar-refractivity contribution in [2.75, 3.05) is 17.2 Å². The molecule has 2 aromatic carbocycles. The summed E-state index contributed by atoms with van der Waals surface area (Å²) in [7, 11) is 0. The predicted molar refractivity (Wildman–Crippen MR) is 68.9 cm³/mol. The topological polar surface area (TPSA) is 78.1 Å². The zero-order valence-electron chi connectivity index (χ0n) is 8.98. The van der Waals surface area contributed by atoms with Crippen LogP contribution < -0.4 is 17.2 Å². The fourth-order valence-electron chi connectivity index (χ4n) is 1.71. The number of hydrogen-bond donors (Lipinski definition) is 3.